The Labute approximate surface area is 174 Å². The van der Waals surface area contributed by atoms with Gasteiger partial charge in [0.15, 0.2) is 9.84 Å². The predicted molar refractivity (Wildman–Crippen MR) is 108 cm³/mol. The molecule has 0 spiro atoms. The van der Waals surface area contributed by atoms with E-state index in [4.69, 9.17) is 9.15 Å². The molecule has 0 saturated heterocycles. The van der Waals surface area contributed by atoms with E-state index in [0.717, 1.165) is 8.66 Å². The quantitative estimate of drug-likeness (QED) is 0.516. The van der Waals surface area contributed by atoms with Gasteiger partial charge >= 0.3 is 6.01 Å². The summed E-state index contributed by atoms with van der Waals surface area (Å²) >= 11 is 4.77. The first-order chi connectivity index (χ1) is 13.4. The van der Waals surface area contributed by atoms with Gasteiger partial charge in [0.25, 0.3) is 5.89 Å². The third kappa shape index (κ3) is 5.18. The molecule has 3 aromatic rings. The summed E-state index contributed by atoms with van der Waals surface area (Å²) < 4.78 is 36.0. The lowest BCUT2D eigenvalue weighted by Gasteiger charge is -2.05. The zero-order valence-corrected chi connectivity index (χ0v) is 17.9. The third-order valence-corrected chi connectivity index (χ3v) is 7.12. The van der Waals surface area contributed by atoms with Crippen LogP contribution in [0.1, 0.15) is 12.8 Å². The molecule has 0 unspecified atom stereocenters. The summed E-state index contributed by atoms with van der Waals surface area (Å²) in [6.45, 7) is 0. The van der Waals surface area contributed by atoms with Gasteiger partial charge in [-0.05, 0) is 58.7 Å². The number of halogens is 1. The Balaban J connectivity index is 1.51. The summed E-state index contributed by atoms with van der Waals surface area (Å²) in [6.07, 6.45) is 0.177. The molecular weight excluding hydrogens is 470 g/mol. The largest absolute Gasteiger partial charge is 0.497 e. The van der Waals surface area contributed by atoms with Crippen LogP contribution in [0.5, 0.6) is 5.75 Å². The monoisotopic (exact) mass is 485 g/mol. The molecular formula is C17H16BrN3O5S2. The second-order valence-electron chi connectivity index (χ2n) is 5.66. The number of anilines is 1. The number of sulfone groups is 1. The molecule has 148 valence electrons. The third-order valence-electron chi connectivity index (χ3n) is 3.69. The van der Waals surface area contributed by atoms with E-state index in [-0.39, 0.29) is 29.5 Å². The van der Waals surface area contributed by atoms with E-state index < -0.39 is 15.7 Å². The van der Waals surface area contributed by atoms with Crippen molar-refractivity contribution in [3.8, 4) is 16.5 Å². The average Bonchev–Trinajstić information content (AvgIpc) is 3.30. The van der Waals surface area contributed by atoms with E-state index in [1.807, 2.05) is 12.1 Å². The molecule has 0 atom stereocenters. The molecule has 0 aliphatic rings. The minimum absolute atomic E-state index is 0.0116. The number of hydrogen-bond donors (Lipinski definition) is 1. The second kappa shape index (κ2) is 8.84. The van der Waals surface area contributed by atoms with Gasteiger partial charge in [0, 0.05) is 6.42 Å². The summed E-state index contributed by atoms with van der Waals surface area (Å²) in [5.74, 6) is 0.332. The number of ether oxygens (including phenoxy) is 1. The Morgan fingerprint density at radius 1 is 1.21 bits per heavy atom. The number of aromatic nitrogens is 2. The number of carbonyl (C=O) groups is 1. The topological polar surface area (TPSA) is 111 Å². The van der Waals surface area contributed by atoms with Crippen LogP contribution in [-0.2, 0) is 14.6 Å². The van der Waals surface area contributed by atoms with Gasteiger partial charge in [-0.25, -0.2) is 8.42 Å². The van der Waals surface area contributed by atoms with Crippen molar-refractivity contribution in [1.82, 2.24) is 10.2 Å². The molecule has 2 aromatic heterocycles. The highest BCUT2D eigenvalue weighted by atomic mass is 79.9. The van der Waals surface area contributed by atoms with Crippen molar-refractivity contribution in [1.29, 1.82) is 0 Å². The molecule has 0 saturated carbocycles. The van der Waals surface area contributed by atoms with Gasteiger partial charge in [-0.15, -0.1) is 16.4 Å². The normalized spacial score (nSPS) is 11.4. The standard InChI is InChI=1S/C17H16BrN3O5S2/c1-25-11-4-6-12(7-5-11)28(23,24)10-2-3-15(22)19-17-21-20-16(26-17)13-8-9-14(18)27-13/h4-9H,2-3,10H2,1H3,(H,19,21,22). The zero-order valence-electron chi connectivity index (χ0n) is 14.7. The second-order valence-corrected chi connectivity index (χ2v) is 10.2. The maximum Gasteiger partial charge on any atom is 0.322 e. The van der Waals surface area contributed by atoms with Crippen LogP contribution in [0.2, 0.25) is 0 Å². The fourth-order valence-electron chi connectivity index (χ4n) is 2.31. The molecule has 2 heterocycles. The van der Waals surface area contributed by atoms with Crippen LogP contribution in [0.15, 0.2) is 49.5 Å². The van der Waals surface area contributed by atoms with Crippen LogP contribution in [0.25, 0.3) is 10.8 Å². The summed E-state index contributed by atoms with van der Waals surface area (Å²) in [4.78, 5) is 13.0. The first-order valence-electron chi connectivity index (χ1n) is 8.13. The number of methoxy groups -OCH3 is 1. The van der Waals surface area contributed by atoms with Crippen LogP contribution >= 0.6 is 27.3 Å². The lowest BCUT2D eigenvalue weighted by atomic mass is 10.3. The number of carbonyl (C=O) groups excluding carboxylic acids is 1. The molecule has 3 rings (SSSR count). The predicted octanol–water partition coefficient (Wildman–Crippen LogP) is 3.76. The number of nitrogens with zero attached hydrogens (tertiary/aromatic N) is 2. The molecule has 0 radical (unpaired) electrons. The molecule has 1 aromatic carbocycles. The van der Waals surface area contributed by atoms with Gasteiger partial charge in [0.1, 0.15) is 5.75 Å². The van der Waals surface area contributed by atoms with Crippen molar-refractivity contribution < 1.29 is 22.4 Å². The van der Waals surface area contributed by atoms with Crippen LogP contribution in [0, 0.1) is 0 Å². The Kier molecular flexibility index (Phi) is 6.47. The van der Waals surface area contributed by atoms with Crippen molar-refractivity contribution in [2.24, 2.45) is 0 Å². The maximum atomic E-state index is 12.3. The molecule has 0 aliphatic carbocycles. The lowest BCUT2D eigenvalue weighted by Crippen LogP contribution is -2.14. The Hall–Kier alpha value is -2.24. The molecule has 8 nitrogen and oxygen atoms in total. The molecule has 0 fully saturated rings. The van der Waals surface area contributed by atoms with E-state index >= 15 is 0 Å². The average molecular weight is 486 g/mol. The minimum atomic E-state index is -3.47. The van der Waals surface area contributed by atoms with Gasteiger partial charge < -0.3 is 9.15 Å². The molecule has 0 aliphatic heterocycles. The minimum Gasteiger partial charge on any atom is -0.497 e. The van der Waals surface area contributed by atoms with Gasteiger partial charge in [-0.3, -0.25) is 10.1 Å². The summed E-state index contributed by atoms with van der Waals surface area (Å²) in [5, 5.41) is 10.1. The van der Waals surface area contributed by atoms with Crippen molar-refractivity contribution in [3.63, 3.8) is 0 Å². The van der Waals surface area contributed by atoms with E-state index in [2.05, 4.69) is 31.4 Å². The first kappa shape index (κ1) is 20.5. The Morgan fingerprint density at radius 3 is 2.61 bits per heavy atom. The van der Waals surface area contributed by atoms with Crippen LogP contribution in [-0.4, -0.2) is 37.4 Å². The number of rotatable bonds is 8. The van der Waals surface area contributed by atoms with E-state index in [0.29, 0.717) is 11.6 Å². The van der Waals surface area contributed by atoms with Gasteiger partial charge in [-0.1, -0.05) is 5.10 Å². The molecule has 1 N–H and O–H groups in total. The Bertz CT molecular complexity index is 1060. The van der Waals surface area contributed by atoms with E-state index in [9.17, 15) is 13.2 Å². The molecule has 1 amide bonds. The highest BCUT2D eigenvalue weighted by Gasteiger charge is 2.17. The summed E-state index contributed by atoms with van der Waals surface area (Å²) in [6, 6.07) is 9.78. The Morgan fingerprint density at radius 2 is 1.96 bits per heavy atom. The molecule has 28 heavy (non-hydrogen) atoms. The SMILES string of the molecule is COc1ccc(S(=O)(=O)CCCC(=O)Nc2nnc(-c3ccc(Br)s3)o2)cc1. The number of thiophene rings is 1. The molecule has 0 bridgehead atoms. The van der Waals surface area contributed by atoms with Crippen molar-refractivity contribution >= 4 is 49.0 Å². The number of benzene rings is 1. The summed E-state index contributed by atoms with van der Waals surface area (Å²) in [5.41, 5.74) is 0. The van der Waals surface area contributed by atoms with Gasteiger partial charge in [-0.2, -0.15) is 0 Å². The molecule has 11 heteroatoms. The highest BCUT2D eigenvalue weighted by molar-refractivity contribution is 9.11. The van der Waals surface area contributed by atoms with Gasteiger partial charge in [0.05, 0.1) is 26.4 Å². The fourth-order valence-corrected chi connectivity index (χ4v) is 4.93. The van der Waals surface area contributed by atoms with Crippen LogP contribution in [0.3, 0.4) is 0 Å². The maximum absolute atomic E-state index is 12.3. The van der Waals surface area contributed by atoms with Crippen LogP contribution < -0.4 is 10.1 Å². The lowest BCUT2D eigenvalue weighted by molar-refractivity contribution is -0.116. The zero-order chi connectivity index (χ0) is 20.1. The smallest absolute Gasteiger partial charge is 0.322 e. The van der Waals surface area contributed by atoms with Gasteiger partial charge in [0.2, 0.25) is 5.91 Å². The van der Waals surface area contributed by atoms with Crippen molar-refractivity contribution in [2.75, 3.05) is 18.2 Å². The number of amides is 1. The summed E-state index contributed by atoms with van der Waals surface area (Å²) in [7, 11) is -1.97. The van der Waals surface area contributed by atoms with E-state index in [1.54, 1.807) is 12.1 Å². The number of hydrogen-bond acceptors (Lipinski definition) is 8. The van der Waals surface area contributed by atoms with Crippen molar-refractivity contribution in [3.05, 3.63) is 40.2 Å². The van der Waals surface area contributed by atoms with E-state index in [1.165, 1.54) is 30.6 Å². The highest BCUT2D eigenvalue weighted by Crippen LogP contribution is 2.31. The first-order valence-corrected chi connectivity index (χ1v) is 11.4. The van der Waals surface area contributed by atoms with Crippen molar-refractivity contribution in [2.45, 2.75) is 17.7 Å². The van der Waals surface area contributed by atoms with Crippen LogP contribution in [0.4, 0.5) is 6.01 Å². The fraction of sp³-hybridized carbons (Fsp3) is 0.235. The number of nitrogens with one attached hydrogen (secondary N) is 1.